The summed E-state index contributed by atoms with van der Waals surface area (Å²) in [5.41, 5.74) is 1.96. The van der Waals surface area contributed by atoms with Gasteiger partial charge in [-0.05, 0) is 52.5 Å². The largest absolute Gasteiger partial charge is 0.331 e. The molecule has 1 aromatic carbocycles. The summed E-state index contributed by atoms with van der Waals surface area (Å²) in [7, 11) is 0. The number of nitrogens with one attached hydrogen (secondary N) is 1. The van der Waals surface area contributed by atoms with Crippen LogP contribution in [-0.2, 0) is 0 Å². The van der Waals surface area contributed by atoms with Crippen LogP contribution in [0.5, 0.6) is 0 Å². The van der Waals surface area contributed by atoms with Crippen LogP contribution in [0.25, 0.3) is 11.0 Å². The first-order valence-electron chi connectivity index (χ1n) is 6.49. The van der Waals surface area contributed by atoms with E-state index in [4.69, 9.17) is 12.2 Å². The van der Waals surface area contributed by atoms with Crippen LogP contribution in [0.1, 0.15) is 39.2 Å². The average molecular weight is 343 g/mol. The Labute approximate surface area is 125 Å². The van der Waals surface area contributed by atoms with Gasteiger partial charge in [0, 0.05) is 12.1 Å². The molecule has 19 heavy (non-hydrogen) atoms. The molecule has 2 nitrogen and oxygen atoms in total. The van der Waals surface area contributed by atoms with Crippen LogP contribution in [0.4, 0.5) is 4.39 Å². The number of rotatable bonds is 1. The quantitative estimate of drug-likeness (QED) is 0.692. The Morgan fingerprint density at radius 1 is 1.47 bits per heavy atom. The van der Waals surface area contributed by atoms with Gasteiger partial charge in [-0.2, -0.15) is 0 Å². The summed E-state index contributed by atoms with van der Waals surface area (Å²) in [6.07, 6.45) is 3.49. The Hall–Kier alpha value is -0.680. The Morgan fingerprint density at radius 2 is 2.21 bits per heavy atom. The third-order valence-corrected chi connectivity index (χ3v) is 5.18. The predicted molar refractivity (Wildman–Crippen MR) is 81.4 cm³/mol. The first kappa shape index (κ1) is 13.3. The van der Waals surface area contributed by atoms with Gasteiger partial charge in [0.1, 0.15) is 5.82 Å². The van der Waals surface area contributed by atoms with Crippen molar-refractivity contribution in [3.8, 4) is 0 Å². The number of halogens is 2. The van der Waals surface area contributed by atoms with E-state index in [1.807, 2.05) is 0 Å². The molecule has 102 valence electrons. The van der Waals surface area contributed by atoms with E-state index in [0.29, 0.717) is 15.3 Å². The van der Waals surface area contributed by atoms with Crippen LogP contribution in [0.2, 0.25) is 0 Å². The van der Waals surface area contributed by atoms with Crippen molar-refractivity contribution in [3.05, 3.63) is 27.2 Å². The number of fused-ring (bicyclic) bond motifs is 1. The summed E-state index contributed by atoms with van der Waals surface area (Å²) >= 11 is 8.67. The van der Waals surface area contributed by atoms with Gasteiger partial charge in [-0.15, -0.1) is 0 Å². The lowest BCUT2D eigenvalue weighted by atomic mass is 9.87. The van der Waals surface area contributed by atoms with Crippen molar-refractivity contribution in [2.24, 2.45) is 5.41 Å². The molecule has 1 aliphatic carbocycles. The van der Waals surface area contributed by atoms with Gasteiger partial charge < -0.3 is 9.55 Å². The monoisotopic (exact) mass is 342 g/mol. The summed E-state index contributed by atoms with van der Waals surface area (Å²) in [6.45, 7) is 4.53. The topological polar surface area (TPSA) is 20.7 Å². The maximum Gasteiger partial charge on any atom is 0.178 e. The van der Waals surface area contributed by atoms with Gasteiger partial charge in [0.2, 0.25) is 0 Å². The molecule has 1 N–H and O–H groups in total. The zero-order valence-corrected chi connectivity index (χ0v) is 13.4. The zero-order valence-electron chi connectivity index (χ0n) is 11.0. The molecule has 0 bridgehead atoms. The fraction of sp³-hybridized carbons (Fsp3) is 0.500. The number of hydrogen-bond donors (Lipinski definition) is 1. The third kappa shape index (κ3) is 2.07. The third-order valence-electron chi connectivity index (χ3n) is 4.27. The van der Waals surface area contributed by atoms with E-state index in [0.717, 1.165) is 17.5 Å². The number of aromatic amines is 1. The number of H-pyrrole nitrogens is 1. The summed E-state index contributed by atoms with van der Waals surface area (Å²) in [5, 5.41) is 0. The minimum Gasteiger partial charge on any atom is -0.331 e. The zero-order chi connectivity index (χ0) is 13.8. The lowest BCUT2D eigenvalue weighted by Crippen LogP contribution is -2.21. The highest BCUT2D eigenvalue weighted by molar-refractivity contribution is 9.10. The fourth-order valence-corrected chi connectivity index (χ4v) is 3.90. The standard InChI is InChI=1S/C14H16BrFN2S/c1-14(2)5-3-4-12(14)18-11-7-9(16)8(15)6-10(11)17-13(18)19/h6-7,12H,3-5H2,1-2H3,(H,17,19). The maximum absolute atomic E-state index is 13.8. The van der Waals surface area contributed by atoms with Gasteiger partial charge >= 0.3 is 0 Å². The van der Waals surface area contributed by atoms with E-state index in [2.05, 4.69) is 39.3 Å². The molecule has 0 saturated heterocycles. The molecule has 3 rings (SSSR count). The van der Waals surface area contributed by atoms with E-state index in [9.17, 15) is 4.39 Å². The van der Waals surface area contributed by atoms with Crippen molar-refractivity contribution in [1.82, 2.24) is 9.55 Å². The van der Waals surface area contributed by atoms with Gasteiger partial charge in [-0.1, -0.05) is 20.3 Å². The van der Waals surface area contributed by atoms with Crippen LogP contribution in [-0.4, -0.2) is 9.55 Å². The summed E-state index contributed by atoms with van der Waals surface area (Å²) in [6, 6.07) is 3.67. The van der Waals surface area contributed by atoms with Gasteiger partial charge in [0.25, 0.3) is 0 Å². The molecular weight excluding hydrogens is 327 g/mol. The normalized spacial score (nSPS) is 22.2. The van der Waals surface area contributed by atoms with Gasteiger partial charge in [0.15, 0.2) is 4.77 Å². The molecule has 1 aliphatic rings. The van der Waals surface area contributed by atoms with E-state index in [-0.39, 0.29) is 11.2 Å². The van der Waals surface area contributed by atoms with E-state index < -0.39 is 0 Å². The lowest BCUT2D eigenvalue weighted by Gasteiger charge is -2.28. The summed E-state index contributed by atoms with van der Waals surface area (Å²) in [4.78, 5) is 3.19. The molecule has 1 fully saturated rings. The Kier molecular flexibility index (Phi) is 3.09. The van der Waals surface area contributed by atoms with E-state index in [1.54, 1.807) is 12.1 Å². The number of benzene rings is 1. The maximum atomic E-state index is 13.8. The molecule has 1 aromatic heterocycles. The molecule has 1 heterocycles. The first-order valence-corrected chi connectivity index (χ1v) is 7.69. The van der Waals surface area contributed by atoms with Crippen molar-refractivity contribution >= 4 is 39.2 Å². The highest BCUT2D eigenvalue weighted by Crippen LogP contribution is 2.47. The van der Waals surface area contributed by atoms with Gasteiger partial charge in [-0.25, -0.2) is 4.39 Å². The first-order chi connectivity index (χ1) is 8.90. The van der Waals surface area contributed by atoms with Crippen molar-refractivity contribution in [2.45, 2.75) is 39.2 Å². The summed E-state index contributed by atoms with van der Waals surface area (Å²) in [5.74, 6) is -0.244. The van der Waals surface area contributed by atoms with Crippen LogP contribution in [0.3, 0.4) is 0 Å². The molecule has 1 saturated carbocycles. The van der Waals surface area contributed by atoms with Crippen molar-refractivity contribution in [3.63, 3.8) is 0 Å². The molecule has 0 spiro atoms. The molecular formula is C14H16BrFN2S. The van der Waals surface area contributed by atoms with Crippen LogP contribution >= 0.6 is 28.1 Å². The molecule has 0 aliphatic heterocycles. The van der Waals surface area contributed by atoms with Crippen LogP contribution in [0.15, 0.2) is 16.6 Å². The van der Waals surface area contributed by atoms with Crippen molar-refractivity contribution in [1.29, 1.82) is 0 Å². The minimum atomic E-state index is -0.244. The number of hydrogen-bond acceptors (Lipinski definition) is 1. The fourth-order valence-electron chi connectivity index (χ4n) is 3.22. The molecule has 0 amide bonds. The minimum absolute atomic E-state index is 0.205. The van der Waals surface area contributed by atoms with Crippen molar-refractivity contribution in [2.75, 3.05) is 0 Å². The molecule has 1 atom stereocenters. The molecule has 2 aromatic rings. The van der Waals surface area contributed by atoms with E-state index in [1.165, 1.54) is 12.8 Å². The van der Waals surface area contributed by atoms with E-state index >= 15 is 0 Å². The van der Waals surface area contributed by atoms with Gasteiger partial charge in [0.05, 0.1) is 15.5 Å². The molecule has 1 unspecified atom stereocenters. The van der Waals surface area contributed by atoms with Crippen LogP contribution < -0.4 is 0 Å². The number of imidazole rings is 1. The summed E-state index contributed by atoms with van der Waals surface area (Å²) < 4.78 is 17.1. The SMILES string of the molecule is CC1(C)CCCC1n1c(=S)[nH]c2cc(Br)c(F)cc21. The highest BCUT2D eigenvalue weighted by Gasteiger charge is 2.36. The average Bonchev–Trinajstić information content (AvgIpc) is 2.79. The second-order valence-corrected chi connectivity index (χ2v) is 7.22. The van der Waals surface area contributed by atoms with Gasteiger partial charge in [-0.3, -0.25) is 0 Å². The lowest BCUT2D eigenvalue weighted by molar-refractivity contribution is 0.263. The Balaban J connectivity index is 2.26. The van der Waals surface area contributed by atoms with Crippen molar-refractivity contribution < 1.29 is 4.39 Å². The molecule has 0 radical (unpaired) electrons. The predicted octanol–water partition coefficient (Wildman–Crippen LogP) is 5.35. The highest BCUT2D eigenvalue weighted by atomic mass is 79.9. The second-order valence-electron chi connectivity index (χ2n) is 5.98. The Morgan fingerprint density at radius 3 is 2.84 bits per heavy atom. The Bertz CT molecular complexity index is 701. The van der Waals surface area contributed by atoms with Crippen LogP contribution in [0, 0.1) is 16.0 Å². The second kappa shape index (κ2) is 4.42. The number of nitrogens with zero attached hydrogens (tertiary/aromatic N) is 1. The smallest absolute Gasteiger partial charge is 0.178 e. The molecule has 5 heteroatoms. The number of aromatic nitrogens is 2.